The summed E-state index contributed by atoms with van der Waals surface area (Å²) in [5.74, 6) is -0.280. The molecule has 0 spiro atoms. The second-order valence-electron chi connectivity index (χ2n) is 3.08. The number of ether oxygens (including phenoxy) is 1. The first-order valence-electron chi connectivity index (χ1n) is 4.66. The van der Waals surface area contributed by atoms with Crippen molar-refractivity contribution in [3.8, 4) is 0 Å². The SMILES string of the molecule is NC(=O)OCCNCc1ccc(Br)cc1F. The number of carbonyl (C=O) groups is 1. The van der Waals surface area contributed by atoms with Crippen molar-refractivity contribution in [3.05, 3.63) is 34.1 Å². The van der Waals surface area contributed by atoms with Crippen molar-refractivity contribution in [3.63, 3.8) is 0 Å². The number of halogens is 2. The average Bonchev–Trinajstić information content (AvgIpc) is 2.20. The highest BCUT2D eigenvalue weighted by Crippen LogP contribution is 2.14. The van der Waals surface area contributed by atoms with Crippen molar-refractivity contribution >= 4 is 22.0 Å². The molecule has 0 heterocycles. The Balaban J connectivity index is 2.29. The Bertz CT molecular complexity index is 374. The maximum Gasteiger partial charge on any atom is 0.404 e. The number of hydrogen-bond acceptors (Lipinski definition) is 3. The minimum Gasteiger partial charge on any atom is -0.448 e. The molecule has 0 unspecified atom stereocenters. The molecule has 16 heavy (non-hydrogen) atoms. The van der Waals surface area contributed by atoms with Gasteiger partial charge in [-0.05, 0) is 12.1 Å². The Morgan fingerprint density at radius 3 is 2.94 bits per heavy atom. The normalized spacial score (nSPS) is 10.1. The monoisotopic (exact) mass is 290 g/mol. The fourth-order valence-electron chi connectivity index (χ4n) is 1.11. The summed E-state index contributed by atoms with van der Waals surface area (Å²) in [5.41, 5.74) is 5.33. The predicted octanol–water partition coefficient (Wildman–Crippen LogP) is 1.77. The number of rotatable bonds is 5. The van der Waals surface area contributed by atoms with Gasteiger partial charge >= 0.3 is 6.09 Å². The maximum atomic E-state index is 13.3. The topological polar surface area (TPSA) is 64.4 Å². The van der Waals surface area contributed by atoms with E-state index < -0.39 is 6.09 Å². The van der Waals surface area contributed by atoms with Gasteiger partial charge in [0, 0.05) is 23.1 Å². The van der Waals surface area contributed by atoms with E-state index in [2.05, 4.69) is 26.0 Å². The molecular formula is C10H12BrFN2O2. The zero-order chi connectivity index (χ0) is 12.0. The highest BCUT2D eigenvalue weighted by molar-refractivity contribution is 9.10. The third kappa shape index (κ3) is 4.59. The van der Waals surface area contributed by atoms with Gasteiger partial charge in [-0.15, -0.1) is 0 Å². The van der Waals surface area contributed by atoms with Crippen LogP contribution in [0.5, 0.6) is 0 Å². The van der Waals surface area contributed by atoms with Crippen LogP contribution in [0.25, 0.3) is 0 Å². The second-order valence-corrected chi connectivity index (χ2v) is 4.00. The van der Waals surface area contributed by atoms with E-state index in [0.29, 0.717) is 23.1 Å². The summed E-state index contributed by atoms with van der Waals surface area (Å²) in [7, 11) is 0. The van der Waals surface area contributed by atoms with Crippen molar-refractivity contribution in [2.45, 2.75) is 6.54 Å². The minimum atomic E-state index is -0.809. The first kappa shape index (κ1) is 12.9. The predicted molar refractivity (Wildman–Crippen MR) is 61.3 cm³/mol. The molecule has 1 amide bonds. The van der Waals surface area contributed by atoms with Crippen LogP contribution in [0.3, 0.4) is 0 Å². The summed E-state index contributed by atoms with van der Waals surface area (Å²) in [6.07, 6.45) is -0.809. The van der Waals surface area contributed by atoms with Crippen molar-refractivity contribution in [1.29, 1.82) is 0 Å². The van der Waals surface area contributed by atoms with Gasteiger partial charge in [-0.1, -0.05) is 22.0 Å². The lowest BCUT2D eigenvalue weighted by Crippen LogP contribution is -2.23. The highest BCUT2D eigenvalue weighted by Gasteiger charge is 2.02. The molecule has 0 fully saturated rings. The van der Waals surface area contributed by atoms with Gasteiger partial charge in [-0.25, -0.2) is 9.18 Å². The zero-order valence-electron chi connectivity index (χ0n) is 8.50. The number of benzene rings is 1. The Hall–Kier alpha value is -1.14. The van der Waals surface area contributed by atoms with Gasteiger partial charge in [0.1, 0.15) is 12.4 Å². The van der Waals surface area contributed by atoms with Crippen LogP contribution >= 0.6 is 15.9 Å². The summed E-state index contributed by atoms with van der Waals surface area (Å²) in [6.45, 7) is 0.979. The molecule has 4 nitrogen and oxygen atoms in total. The van der Waals surface area contributed by atoms with Gasteiger partial charge in [-0.2, -0.15) is 0 Å². The van der Waals surface area contributed by atoms with E-state index in [1.165, 1.54) is 6.07 Å². The standard InChI is InChI=1S/C10H12BrFN2O2/c11-8-2-1-7(9(12)5-8)6-14-3-4-16-10(13)15/h1-2,5,14H,3-4,6H2,(H2,13,15). The lowest BCUT2D eigenvalue weighted by Gasteiger charge is -2.06. The molecular weight excluding hydrogens is 279 g/mol. The van der Waals surface area contributed by atoms with E-state index in [9.17, 15) is 9.18 Å². The van der Waals surface area contributed by atoms with Gasteiger partial charge in [-0.3, -0.25) is 0 Å². The van der Waals surface area contributed by atoms with Crippen molar-refractivity contribution < 1.29 is 13.9 Å². The van der Waals surface area contributed by atoms with Crippen LogP contribution in [0.4, 0.5) is 9.18 Å². The van der Waals surface area contributed by atoms with Crippen molar-refractivity contribution in [1.82, 2.24) is 5.32 Å². The van der Waals surface area contributed by atoms with Crippen LogP contribution in [-0.2, 0) is 11.3 Å². The Morgan fingerprint density at radius 2 is 2.31 bits per heavy atom. The lowest BCUT2D eigenvalue weighted by molar-refractivity contribution is 0.157. The van der Waals surface area contributed by atoms with E-state index in [1.54, 1.807) is 12.1 Å². The summed E-state index contributed by atoms with van der Waals surface area (Å²) in [5, 5.41) is 2.93. The molecule has 0 atom stereocenters. The van der Waals surface area contributed by atoms with Gasteiger partial charge < -0.3 is 15.8 Å². The Kier molecular flexibility index (Phi) is 5.21. The molecule has 3 N–H and O–H groups in total. The molecule has 0 aliphatic carbocycles. The molecule has 6 heteroatoms. The van der Waals surface area contributed by atoms with E-state index >= 15 is 0 Å². The summed E-state index contributed by atoms with van der Waals surface area (Å²) >= 11 is 3.17. The molecule has 0 saturated heterocycles. The van der Waals surface area contributed by atoms with Gasteiger partial charge in [0.15, 0.2) is 0 Å². The number of amides is 1. The van der Waals surface area contributed by atoms with Crippen LogP contribution in [0.15, 0.2) is 22.7 Å². The third-order valence-electron chi connectivity index (χ3n) is 1.85. The Morgan fingerprint density at radius 1 is 1.56 bits per heavy atom. The molecule has 0 saturated carbocycles. The number of carbonyl (C=O) groups excluding carboxylic acids is 1. The maximum absolute atomic E-state index is 13.3. The van der Waals surface area contributed by atoms with Crippen LogP contribution in [0, 0.1) is 5.82 Å². The minimum absolute atomic E-state index is 0.174. The summed E-state index contributed by atoms with van der Waals surface area (Å²) in [6, 6.07) is 4.85. The van der Waals surface area contributed by atoms with Gasteiger partial charge in [0.25, 0.3) is 0 Å². The molecule has 0 aliphatic rings. The molecule has 0 bridgehead atoms. The lowest BCUT2D eigenvalue weighted by atomic mass is 10.2. The van der Waals surface area contributed by atoms with Crippen molar-refractivity contribution in [2.75, 3.05) is 13.2 Å². The summed E-state index contributed by atoms with van der Waals surface area (Å²) < 4.78 is 18.5. The smallest absolute Gasteiger partial charge is 0.404 e. The molecule has 0 aromatic heterocycles. The molecule has 0 radical (unpaired) electrons. The Labute approximate surface area is 101 Å². The zero-order valence-corrected chi connectivity index (χ0v) is 10.1. The quantitative estimate of drug-likeness (QED) is 0.813. The highest BCUT2D eigenvalue weighted by atomic mass is 79.9. The van der Waals surface area contributed by atoms with Gasteiger partial charge in [0.05, 0.1) is 0 Å². The fraction of sp³-hybridized carbons (Fsp3) is 0.300. The van der Waals surface area contributed by atoms with Crippen LogP contribution in [0.2, 0.25) is 0 Å². The molecule has 1 aromatic carbocycles. The number of nitrogens with one attached hydrogen (secondary N) is 1. The molecule has 1 aromatic rings. The summed E-state index contributed by atoms with van der Waals surface area (Å²) in [4.78, 5) is 10.2. The van der Waals surface area contributed by atoms with Crippen LogP contribution in [-0.4, -0.2) is 19.2 Å². The third-order valence-corrected chi connectivity index (χ3v) is 2.35. The fourth-order valence-corrected chi connectivity index (χ4v) is 1.45. The largest absolute Gasteiger partial charge is 0.448 e. The second kappa shape index (κ2) is 6.44. The van der Waals surface area contributed by atoms with Gasteiger partial charge in [0.2, 0.25) is 0 Å². The molecule has 1 rings (SSSR count). The van der Waals surface area contributed by atoms with Crippen LogP contribution in [0.1, 0.15) is 5.56 Å². The number of nitrogens with two attached hydrogens (primary N) is 1. The van der Waals surface area contributed by atoms with E-state index in [-0.39, 0.29) is 12.4 Å². The molecule has 0 aliphatic heterocycles. The van der Waals surface area contributed by atoms with Crippen LogP contribution < -0.4 is 11.1 Å². The number of hydrogen-bond donors (Lipinski definition) is 2. The van der Waals surface area contributed by atoms with E-state index in [4.69, 9.17) is 5.73 Å². The average molecular weight is 291 g/mol. The van der Waals surface area contributed by atoms with E-state index in [0.717, 1.165) is 0 Å². The van der Waals surface area contributed by atoms with E-state index in [1.807, 2.05) is 0 Å². The van der Waals surface area contributed by atoms with Crippen molar-refractivity contribution in [2.24, 2.45) is 5.73 Å². The molecule has 88 valence electrons. The first-order chi connectivity index (χ1) is 7.59. The number of primary amides is 1. The first-order valence-corrected chi connectivity index (χ1v) is 5.46.